The van der Waals surface area contributed by atoms with Crippen LogP contribution in [0.1, 0.15) is 5.56 Å². The number of hydrogen-bond donors (Lipinski definition) is 1. The van der Waals surface area contributed by atoms with Gasteiger partial charge in [-0.2, -0.15) is 13.2 Å². The summed E-state index contributed by atoms with van der Waals surface area (Å²) in [6, 6.07) is 7.34. The van der Waals surface area contributed by atoms with Gasteiger partial charge in [-0.05, 0) is 36.4 Å². The van der Waals surface area contributed by atoms with Gasteiger partial charge in [-0.3, -0.25) is 14.8 Å². The molecule has 0 spiro atoms. The number of nitro benzene ring substituents is 1. The zero-order valence-electron chi connectivity index (χ0n) is 16.2. The van der Waals surface area contributed by atoms with Gasteiger partial charge in [0.05, 0.1) is 41.2 Å². The molecule has 0 unspecified atom stereocenters. The SMILES string of the molecule is O=[N+]([O-])c1ccc(Oc2c(Cl)cc(S(=O)(=O)Nc3cc(C(F)(F)F)ccc3Cl)cc2Cl)c(Cl)c1. The zero-order chi connectivity index (χ0) is 25.4. The van der Waals surface area contributed by atoms with Crippen LogP contribution in [0.5, 0.6) is 11.5 Å². The van der Waals surface area contributed by atoms with Crippen LogP contribution in [0.4, 0.5) is 24.5 Å². The number of nitro groups is 1. The maximum Gasteiger partial charge on any atom is 0.416 e. The summed E-state index contributed by atoms with van der Waals surface area (Å²) < 4.78 is 71.8. The summed E-state index contributed by atoms with van der Waals surface area (Å²) in [5.74, 6) is -0.268. The van der Waals surface area contributed by atoms with Crippen molar-refractivity contribution in [2.24, 2.45) is 0 Å². The van der Waals surface area contributed by atoms with Crippen LogP contribution in [0.3, 0.4) is 0 Å². The van der Waals surface area contributed by atoms with Crippen LogP contribution in [0.15, 0.2) is 53.4 Å². The van der Waals surface area contributed by atoms with E-state index in [-0.39, 0.29) is 37.3 Å². The second-order valence-corrected chi connectivity index (χ2v) is 9.80. The normalized spacial score (nSPS) is 11.9. The van der Waals surface area contributed by atoms with E-state index in [0.29, 0.717) is 12.1 Å². The fourth-order valence-corrected chi connectivity index (χ4v) is 4.82. The number of non-ortho nitro benzene ring substituents is 1. The molecule has 0 aliphatic carbocycles. The van der Waals surface area contributed by atoms with E-state index in [9.17, 15) is 31.7 Å². The van der Waals surface area contributed by atoms with Gasteiger partial charge in [-0.1, -0.05) is 46.4 Å². The molecule has 0 fully saturated rings. The van der Waals surface area contributed by atoms with Crippen LogP contribution < -0.4 is 9.46 Å². The summed E-state index contributed by atoms with van der Waals surface area (Å²) in [5.41, 5.74) is -1.92. The first-order valence-electron chi connectivity index (χ1n) is 8.69. The number of rotatable bonds is 6. The third-order valence-electron chi connectivity index (χ3n) is 4.16. The minimum atomic E-state index is -4.73. The van der Waals surface area contributed by atoms with Crippen LogP contribution in [0.2, 0.25) is 20.1 Å². The Hall–Kier alpha value is -2.44. The molecular formula is C19H9Cl4F3N2O5S. The van der Waals surface area contributed by atoms with Gasteiger partial charge in [-0.25, -0.2) is 8.42 Å². The Bertz CT molecular complexity index is 1380. The standard InChI is InChI=1S/C19H9Cl4F3N2O5S/c20-12-3-1-9(19(24,25)26)5-16(12)27-34(31,32)11-7-14(22)18(15(23)8-11)33-17-4-2-10(28(29)30)6-13(17)21/h1-8,27H. The maximum atomic E-state index is 13.0. The van der Waals surface area contributed by atoms with Crippen molar-refractivity contribution in [2.75, 3.05) is 4.72 Å². The Balaban J connectivity index is 1.93. The van der Waals surface area contributed by atoms with Gasteiger partial charge >= 0.3 is 6.18 Å². The molecule has 0 saturated carbocycles. The topological polar surface area (TPSA) is 98.5 Å². The van der Waals surface area contributed by atoms with Gasteiger partial charge in [0.2, 0.25) is 0 Å². The predicted molar refractivity (Wildman–Crippen MR) is 122 cm³/mol. The average Bonchev–Trinajstić information content (AvgIpc) is 2.72. The minimum absolute atomic E-state index is 0.0550. The summed E-state index contributed by atoms with van der Waals surface area (Å²) in [7, 11) is -4.48. The van der Waals surface area contributed by atoms with E-state index in [2.05, 4.69) is 0 Å². The van der Waals surface area contributed by atoms with E-state index < -0.39 is 37.3 Å². The Kier molecular flexibility index (Phi) is 7.44. The van der Waals surface area contributed by atoms with E-state index in [1.54, 1.807) is 0 Å². The molecule has 15 heteroatoms. The van der Waals surface area contributed by atoms with Crippen molar-refractivity contribution in [1.82, 2.24) is 0 Å². The Morgan fingerprint density at radius 1 is 0.882 bits per heavy atom. The van der Waals surface area contributed by atoms with E-state index >= 15 is 0 Å². The Morgan fingerprint density at radius 3 is 2.03 bits per heavy atom. The van der Waals surface area contributed by atoms with E-state index in [0.717, 1.165) is 30.3 Å². The first-order chi connectivity index (χ1) is 15.7. The second kappa shape index (κ2) is 9.67. The number of anilines is 1. The molecule has 0 aliphatic heterocycles. The fourth-order valence-electron chi connectivity index (χ4n) is 2.57. The molecule has 3 rings (SSSR count). The van der Waals surface area contributed by atoms with E-state index in [4.69, 9.17) is 51.1 Å². The molecule has 3 aromatic carbocycles. The summed E-state index contributed by atoms with van der Waals surface area (Å²) in [4.78, 5) is 9.65. The first kappa shape index (κ1) is 26.2. The third kappa shape index (κ3) is 5.78. The fraction of sp³-hybridized carbons (Fsp3) is 0.0526. The monoisotopic (exact) mass is 574 g/mol. The van der Waals surface area contributed by atoms with Gasteiger partial charge in [0, 0.05) is 12.1 Å². The lowest BCUT2D eigenvalue weighted by Gasteiger charge is -2.15. The van der Waals surface area contributed by atoms with E-state index in [1.165, 1.54) is 6.07 Å². The summed E-state index contributed by atoms with van der Waals surface area (Å²) in [5, 5.41) is 9.81. The first-order valence-corrected chi connectivity index (χ1v) is 11.7. The van der Waals surface area contributed by atoms with Gasteiger partial charge in [0.1, 0.15) is 5.75 Å². The van der Waals surface area contributed by atoms with Crippen LogP contribution in [-0.4, -0.2) is 13.3 Å². The molecule has 0 aromatic heterocycles. The number of alkyl halides is 3. The number of benzene rings is 3. The molecule has 34 heavy (non-hydrogen) atoms. The van der Waals surface area contributed by atoms with Gasteiger partial charge in [0.15, 0.2) is 5.75 Å². The molecule has 0 radical (unpaired) electrons. The summed E-state index contributed by atoms with van der Waals surface area (Å²) >= 11 is 24.0. The van der Waals surface area contributed by atoms with Crippen molar-refractivity contribution in [3.05, 3.63) is 84.3 Å². The molecule has 0 aliphatic rings. The number of ether oxygens (including phenoxy) is 1. The van der Waals surface area contributed by atoms with Crippen LogP contribution in [0, 0.1) is 10.1 Å². The Labute approximate surface area is 210 Å². The van der Waals surface area contributed by atoms with Crippen molar-refractivity contribution >= 4 is 67.8 Å². The number of sulfonamides is 1. The highest BCUT2D eigenvalue weighted by Gasteiger charge is 2.31. The molecule has 180 valence electrons. The smallest absolute Gasteiger partial charge is 0.416 e. The quantitative estimate of drug-likeness (QED) is 0.238. The molecule has 7 nitrogen and oxygen atoms in total. The van der Waals surface area contributed by atoms with Crippen molar-refractivity contribution in [2.45, 2.75) is 11.1 Å². The van der Waals surface area contributed by atoms with Crippen LogP contribution in [0.25, 0.3) is 0 Å². The van der Waals surface area contributed by atoms with Crippen molar-refractivity contribution in [1.29, 1.82) is 0 Å². The molecule has 0 bridgehead atoms. The van der Waals surface area contributed by atoms with Crippen LogP contribution in [-0.2, 0) is 16.2 Å². The van der Waals surface area contributed by atoms with Gasteiger partial charge < -0.3 is 4.74 Å². The van der Waals surface area contributed by atoms with E-state index in [1.807, 2.05) is 4.72 Å². The molecule has 0 heterocycles. The molecular weight excluding hydrogens is 567 g/mol. The van der Waals surface area contributed by atoms with Gasteiger partial charge in [-0.15, -0.1) is 0 Å². The number of halogens is 7. The Morgan fingerprint density at radius 2 is 1.50 bits per heavy atom. The highest BCUT2D eigenvalue weighted by atomic mass is 35.5. The molecule has 0 saturated heterocycles. The zero-order valence-corrected chi connectivity index (χ0v) is 20.0. The average molecular weight is 576 g/mol. The van der Waals surface area contributed by atoms with Gasteiger partial charge in [0.25, 0.3) is 15.7 Å². The van der Waals surface area contributed by atoms with Crippen LogP contribution >= 0.6 is 46.4 Å². The predicted octanol–water partition coefficient (Wildman–Crippen LogP) is 7.82. The number of nitrogens with zero attached hydrogens (tertiary/aromatic N) is 1. The molecule has 0 atom stereocenters. The van der Waals surface area contributed by atoms with Crippen molar-refractivity contribution in [3.63, 3.8) is 0 Å². The molecule has 0 amide bonds. The highest BCUT2D eigenvalue weighted by molar-refractivity contribution is 7.92. The summed E-state index contributed by atoms with van der Waals surface area (Å²) in [6.07, 6.45) is -4.73. The van der Waals surface area contributed by atoms with Crippen molar-refractivity contribution in [3.8, 4) is 11.5 Å². The third-order valence-corrected chi connectivity index (χ3v) is 6.69. The lowest BCUT2D eigenvalue weighted by molar-refractivity contribution is -0.384. The lowest BCUT2D eigenvalue weighted by Crippen LogP contribution is -2.14. The summed E-state index contributed by atoms with van der Waals surface area (Å²) in [6.45, 7) is 0. The molecule has 1 N–H and O–H groups in total. The van der Waals surface area contributed by atoms with Crippen molar-refractivity contribution < 1.29 is 31.2 Å². The molecule has 3 aromatic rings. The largest absolute Gasteiger partial charge is 0.453 e. The highest BCUT2D eigenvalue weighted by Crippen LogP contribution is 2.42. The maximum absolute atomic E-state index is 13.0. The number of nitrogens with one attached hydrogen (secondary N) is 1. The second-order valence-electron chi connectivity index (χ2n) is 6.49. The minimum Gasteiger partial charge on any atom is -0.453 e. The lowest BCUT2D eigenvalue weighted by atomic mass is 10.2. The number of hydrogen-bond acceptors (Lipinski definition) is 5.